The van der Waals surface area contributed by atoms with Gasteiger partial charge in [0.15, 0.2) is 0 Å². The zero-order valence-corrected chi connectivity index (χ0v) is 9.92. The van der Waals surface area contributed by atoms with Gasteiger partial charge >= 0.3 is 0 Å². The van der Waals surface area contributed by atoms with Gasteiger partial charge in [-0.2, -0.15) is 0 Å². The summed E-state index contributed by atoms with van der Waals surface area (Å²) in [5.41, 5.74) is 2.43. The highest BCUT2D eigenvalue weighted by molar-refractivity contribution is 6.35. The second-order valence-corrected chi connectivity index (χ2v) is 5.15. The van der Waals surface area contributed by atoms with Gasteiger partial charge in [0.1, 0.15) is 0 Å². The molecule has 13 heavy (non-hydrogen) atoms. The first-order chi connectivity index (χ1) is 5.82. The van der Waals surface area contributed by atoms with E-state index >= 15 is 0 Å². The Morgan fingerprint density at radius 1 is 1.08 bits per heavy atom. The van der Waals surface area contributed by atoms with E-state index in [9.17, 15) is 0 Å². The summed E-state index contributed by atoms with van der Waals surface area (Å²) in [6.45, 7) is 8.49. The van der Waals surface area contributed by atoms with E-state index in [-0.39, 0.29) is 5.41 Å². The predicted molar refractivity (Wildman–Crippen MR) is 59.9 cm³/mol. The minimum Gasteiger partial charge on any atom is -0.0843 e. The summed E-state index contributed by atoms with van der Waals surface area (Å²) in [7, 11) is 0. The van der Waals surface area contributed by atoms with Crippen molar-refractivity contribution in [3.05, 3.63) is 33.3 Å². The van der Waals surface area contributed by atoms with Crippen molar-refractivity contribution in [3.8, 4) is 0 Å². The first kappa shape index (κ1) is 10.9. The Balaban J connectivity index is 3.37. The van der Waals surface area contributed by atoms with E-state index in [2.05, 4.69) is 20.8 Å². The topological polar surface area (TPSA) is 0 Å². The summed E-state index contributed by atoms with van der Waals surface area (Å²) >= 11 is 12.0. The highest BCUT2D eigenvalue weighted by Crippen LogP contribution is 2.32. The minimum atomic E-state index is 0.0959. The van der Waals surface area contributed by atoms with Crippen LogP contribution in [0, 0.1) is 6.92 Å². The lowest BCUT2D eigenvalue weighted by Crippen LogP contribution is -2.13. The second kappa shape index (κ2) is 3.51. The number of halogens is 2. The third-order valence-corrected chi connectivity index (χ3v) is 2.73. The van der Waals surface area contributed by atoms with Crippen LogP contribution >= 0.6 is 23.2 Å². The molecule has 0 amide bonds. The van der Waals surface area contributed by atoms with Crippen LogP contribution in [0.15, 0.2) is 12.1 Å². The molecule has 0 unspecified atom stereocenters. The van der Waals surface area contributed by atoms with Crippen molar-refractivity contribution >= 4 is 23.2 Å². The van der Waals surface area contributed by atoms with Crippen molar-refractivity contribution < 1.29 is 0 Å². The van der Waals surface area contributed by atoms with Gasteiger partial charge in [0.25, 0.3) is 0 Å². The molecule has 0 fully saturated rings. The van der Waals surface area contributed by atoms with Gasteiger partial charge in [0, 0.05) is 10.0 Å². The summed E-state index contributed by atoms with van der Waals surface area (Å²) in [6, 6.07) is 3.77. The highest BCUT2D eigenvalue weighted by Gasteiger charge is 2.18. The van der Waals surface area contributed by atoms with Crippen molar-refractivity contribution in [2.45, 2.75) is 33.1 Å². The molecule has 0 bridgehead atoms. The molecule has 0 radical (unpaired) electrons. The van der Waals surface area contributed by atoms with E-state index in [1.807, 2.05) is 13.0 Å². The van der Waals surface area contributed by atoms with Crippen molar-refractivity contribution in [2.24, 2.45) is 0 Å². The standard InChI is InChI=1S/C11H14Cl2/c1-7-9(11(2,3)4)5-8(12)6-10(7)13/h5-6H,1-4H3. The molecule has 0 aromatic heterocycles. The second-order valence-electron chi connectivity index (χ2n) is 4.31. The van der Waals surface area contributed by atoms with Crippen LogP contribution in [0.2, 0.25) is 10.0 Å². The van der Waals surface area contributed by atoms with Gasteiger partial charge in [-0.15, -0.1) is 0 Å². The molecular formula is C11H14Cl2. The summed E-state index contributed by atoms with van der Waals surface area (Å²) in [6.07, 6.45) is 0. The fourth-order valence-corrected chi connectivity index (χ4v) is 1.92. The maximum Gasteiger partial charge on any atom is 0.0452 e. The molecule has 1 aromatic rings. The average molecular weight is 217 g/mol. The Morgan fingerprint density at radius 3 is 2.08 bits per heavy atom. The maximum absolute atomic E-state index is 6.04. The van der Waals surface area contributed by atoms with Crippen molar-refractivity contribution in [3.63, 3.8) is 0 Å². The van der Waals surface area contributed by atoms with Crippen molar-refractivity contribution in [1.29, 1.82) is 0 Å². The van der Waals surface area contributed by atoms with E-state index in [4.69, 9.17) is 23.2 Å². The van der Waals surface area contributed by atoms with Gasteiger partial charge in [-0.25, -0.2) is 0 Å². The van der Waals surface area contributed by atoms with Gasteiger partial charge in [-0.3, -0.25) is 0 Å². The Morgan fingerprint density at radius 2 is 1.62 bits per heavy atom. The lowest BCUT2D eigenvalue weighted by molar-refractivity contribution is 0.586. The van der Waals surface area contributed by atoms with Crippen LogP contribution in [0.5, 0.6) is 0 Å². The van der Waals surface area contributed by atoms with Crippen LogP contribution in [0.1, 0.15) is 31.9 Å². The van der Waals surface area contributed by atoms with E-state index in [0.717, 1.165) is 10.6 Å². The molecule has 0 saturated heterocycles. The maximum atomic E-state index is 6.04. The first-order valence-corrected chi connectivity index (χ1v) is 5.04. The molecule has 2 heteroatoms. The van der Waals surface area contributed by atoms with Crippen LogP contribution in [0.4, 0.5) is 0 Å². The average Bonchev–Trinajstić information content (AvgIpc) is 1.94. The monoisotopic (exact) mass is 216 g/mol. The fraction of sp³-hybridized carbons (Fsp3) is 0.455. The van der Waals surface area contributed by atoms with Gasteiger partial charge in [-0.1, -0.05) is 44.0 Å². The van der Waals surface area contributed by atoms with Gasteiger partial charge in [0.05, 0.1) is 0 Å². The zero-order chi connectivity index (χ0) is 10.2. The largest absolute Gasteiger partial charge is 0.0843 e. The quantitative estimate of drug-likeness (QED) is 0.595. The zero-order valence-electron chi connectivity index (χ0n) is 8.41. The molecule has 0 saturated carbocycles. The molecule has 1 rings (SSSR count). The van der Waals surface area contributed by atoms with Crippen LogP contribution in [0.3, 0.4) is 0 Å². The predicted octanol–water partition coefficient (Wildman–Crippen LogP) is 4.60. The number of rotatable bonds is 0. The molecule has 0 nitrogen and oxygen atoms in total. The van der Waals surface area contributed by atoms with Gasteiger partial charge in [-0.05, 0) is 35.6 Å². The SMILES string of the molecule is Cc1c(Cl)cc(Cl)cc1C(C)(C)C. The van der Waals surface area contributed by atoms with Crippen molar-refractivity contribution in [2.75, 3.05) is 0 Å². The van der Waals surface area contributed by atoms with Crippen LogP contribution in [-0.4, -0.2) is 0 Å². The lowest BCUT2D eigenvalue weighted by Gasteiger charge is -2.22. The third kappa shape index (κ3) is 2.38. The molecule has 0 N–H and O–H groups in total. The molecule has 0 spiro atoms. The third-order valence-electron chi connectivity index (χ3n) is 2.12. The Hall–Kier alpha value is -0.200. The van der Waals surface area contributed by atoms with E-state index in [1.54, 1.807) is 6.07 Å². The molecule has 1 aromatic carbocycles. The molecule has 0 aliphatic heterocycles. The summed E-state index contributed by atoms with van der Waals surface area (Å²) in [5, 5.41) is 1.46. The summed E-state index contributed by atoms with van der Waals surface area (Å²) in [4.78, 5) is 0. The normalized spacial score (nSPS) is 11.8. The molecular weight excluding hydrogens is 203 g/mol. The first-order valence-electron chi connectivity index (χ1n) is 4.28. The van der Waals surface area contributed by atoms with Gasteiger partial charge < -0.3 is 0 Å². The smallest absolute Gasteiger partial charge is 0.0452 e. The minimum absolute atomic E-state index is 0.0959. The number of hydrogen-bond donors (Lipinski definition) is 0. The Labute approximate surface area is 89.9 Å². The lowest BCUT2D eigenvalue weighted by atomic mass is 9.84. The van der Waals surface area contributed by atoms with Crippen molar-refractivity contribution in [1.82, 2.24) is 0 Å². The van der Waals surface area contributed by atoms with Crippen LogP contribution in [0.25, 0.3) is 0 Å². The highest BCUT2D eigenvalue weighted by atomic mass is 35.5. The van der Waals surface area contributed by atoms with E-state index in [1.165, 1.54) is 5.56 Å². The number of benzene rings is 1. The number of hydrogen-bond acceptors (Lipinski definition) is 0. The molecule has 0 heterocycles. The molecule has 72 valence electrons. The summed E-state index contributed by atoms with van der Waals surface area (Å²) in [5.74, 6) is 0. The van der Waals surface area contributed by atoms with E-state index < -0.39 is 0 Å². The van der Waals surface area contributed by atoms with Crippen LogP contribution < -0.4 is 0 Å². The van der Waals surface area contributed by atoms with E-state index in [0.29, 0.717) is 5.02 Å². The molecule has 0 aliphatic rings. The van der Waals surface area contributed by atoms with Crippen LogP contribution in [-0.2, 0) is 5.41 Å². The Kier molecular flexibility index (Phi) is 2.94. The molecule has 0 aliphatic carbocycles. The Bertz CT molecular complexity index is 322. The summed E-state index contributed by atoms with van der Waals surface area (Å²) < 4.78 is 0. The van der Waals surface area contributed by atoms with Gasteiger partial charge in [0.2, 0.25) is 0 Å². The fourth-order valence-electron chi connectivity index (χ4n) is 1.42. The molecule has 0 atom stereocenters.